The van der Waals surface area contributed by atoms with E-state index in [4.69, 9.17) is 0 Å². The molecule has 0 spiro atoms. The molecule has 59 heavy (non-hydrogen) atoms. The summed E-state index contributed by atoms with van der Waals surface area (Å²) in [7, 11) is 0. The third-order valence-electron chi connectivity index (χ3n) is 12.7. The molecule has 1 unspecified atom stereocenters. The summed E-state index contributed by atoms with van der Waals surface area (Å²) in [5.74, 6) is 0. The van der Waals surface area contributed by atoms with E-state index >= 15 is 0 Å². The number of nitrogens with one attached hydrogen (secondary N) is 1. The van der Waals surface area contributed by atoms with Crippen LogP contribution in [-0.2, 0) is 21.7 Å². The van der Waals surface area contributed by atoms with E-state index in [-0.39, 0.29) is 27.7 Å². The molecule has 0 aliphatic carbocycles. The molecular formula is C56H65N3. The van der Waals surface area contributed by atoms with Crippen molar-refractivity contribution in [3.8, 4) is 22.5 Å². The standard InChI is InChI=1S/C56H65N3/c1-15-35(2)57-52-49(59-45-26-24-37(53(3,4)5)33-43(45)44-34-38(54(6,7)8)25-27-46(44)59)29-28-48-51(52)50-42(36-20-17-16-18-21-36)22-19-23-47(50)58(48)41-31-39(55(9,10)11)30-40(32-41)56(12,13)14/h16-35,57H,15H2,1-14H3. The van der Waals surface area contributed by atoms with Gasteiger partial charge in [-0.05, 0) is 123 Å². The highest BCUT2D eigenvalue weighted by molar-refractivity contribution is 6.22. The number of nitrogens with zero attached hydrogens (tertiary/aromatic N) is 2. The van der Waals surface area contributed by atoms with Gasteiger partial charge in [0.25, 0.3) is 0 Å². The van der Waals surface area contributed by atoms with E-state index in [0.717, 1.165) is 6.42 Å². The van der Waals surface area contributed by atoms with Gasteiger partial charge in [-0.15, -0.1) is 0 Å². The first-order chi connectivity index (χ1) is 27.7. The molecule has 8 rings (SSSR count). The zero-order valence-corrected chi connectivity index (χ0v) is 38.1. The van der Waals surface area contributed by atoms with Gasteiger partial charge in [0.2, 0.25) is 0 Å². The fraction of sp³-hybridized carbons (Fsp3) is 0.357. The minimum absolute atomic E-state index is 0.0172. The van der Waals surface area contributed by atoms with Gasteiger partial charge in [-0.2, -0.15) is 0 Å². The first kappa shape index (κ1) is 40.5. The molecule has 0 aliphatic rings. The summed E-state index contributed by atoms with van der Waals surface area (Å²) in [6, 6.07) is 44.5. The highest BCUT2D eigenvalue weighted by Crippen LogP contribution is 2.47. The maximum absolute atomic E-state index is 4.16. The Labute approximate surface area is 353 Å². The van der Waals surface area contributed by atoms with E-state index in [9.17, 15) is 0 Å². The van der Waals surface area contributed by atoms with Crippen molar-refractivity contribution in [2.45, 2.75) is 131 Å². The summed E-state index contributed by atoms with van der Waals surface area (Å²) in [5, 5.41) is 9.29. The predicted molar refractivity (Wildman–Crippen MR) is 259 cm³/mol. The molecule has 0 radical (unpaired) electrons. The van der Waals surface area contributed by atoms with Gasteiger partial charge in [0, 0.05) is 33.3 Å². The van der Waals surface area contributed by atoms with E-state index in [1.165, 1.54) is 94.1 Å². The average Bonchev–Trinajstić information content (AvgIpc) is 3.69. The number of hydrogen-bond donors (Lipinski definition) is 1. The van der Waals surface area contributed by atoms with Crippen LogP contribution in [0.1, 0.15) is 126 Å². The molecule has 0 amide bonds. The lowest BCUT2D eigenvalue weighted by atomic mass is 9.80. The van der Waals surface area contributed by atoms with Crippen LogP contribution >= 0.6 is 0 Å². The smallest absolute Gasteiger partial charge is 0.0701 e. The van der Waals surface area contributed by atoms with Crippen LogP contribution < -0.4 is 5.32 Å². The van der Waals surface area contributed by atoms with Gasteiger partial charge in [0.1, 0.15) is 0 Å². The molecule has 2 heterocycles. The molecule has 3 nitrogen and oxygen atoms in total. The predicted octanol–water partition coefficient (Wildman–Crippen LogP) is 15.9. The fourth-order valence-electron chi connectivity index (χ4n) is 8.78. The molecule has 1 N–H and O–H groups in total. The van der Waals surface area contributed by atoms with Crippen LogP contribution in [0, 0.1) is 0 Å². The number of anilines is 1. The van der Waals surface area contributed by atoms with Crippen molar-refractivity contribution in [1.82, 2.24) is 9.13 Å². The van der Waals surface area contributed by atoms with Gasteiger partial charge in [0.15, 0.2) is 0 Å². The van der Waals surface area contributed by atoms with Gasteiger partial charge in [0.05, 0.1) is 33.4 Å². The third-order valence-corrected chi connectivity index (χ3v) is 12.7. The Balaban J connectivity index is 1.57. The van der Waals surface area contributed by atoms with Crippen molar-refractivity contribution in [2.75, 3.05) is 5.32 Å². The number of aromatic nitrogens is 2. The molecule has 0 bridgehead atoms. The number of hydrogen-bond acceptors (Lipinski definition) is 1. The van der Waals surface area contributed by atoms with Crippen LogP contribution in [0.4, 0.5) is 5.69 Å². The molecule has 8 aromatic rings. The van der Waals surface area contributed by atoms with Crippen molar-refractivity contribution in [1.29, 1.82) is 0 Å². The lowest BCUT2D eigenvalue weighted by Crippen LogP contribution is -2.17. The van der Waals surface area contributed by atoms with Gasteiger partial charge < -0.3 is 14.5 Å². The zero-order chi connectivity index (χ0) is 42.4. The van der Waals surface area contributed by atoms with Crippen LogP contribution in [0.25, 0.3) is 66.1 Å². The molecule has 2 aromatic heterocycles. The van der Waals surface area contributed by atoms with Crippen molar-refractivity contribution in [2.24, 2.45) is 0 Å². The maximum atomic E-state index is 4.16. The maximum Gasteiger partial charge on any atom is 0.0701 e. The fourth-order valence-corrected chi connectivity index (χ4v) is 8.78. The first-order valence-electron chi connectivity index (χ1n) is 21.8. The second-order valence-electron chi connectivity index (χ2n) is 21.3. The second-order valence-corrected chi connectivity index (χ2v) is 21.3. The van der Waals surface area contributed by atoms with Crippen LogP contribution in [0.15, 0.2) is 115 Å². The van der Waals surface area contributed by atoms with E-state index in [2.05, 4.69) is 227 Å². The number of benzene rings is 6. The van der Waals surface area contributed by atoms with Crippen LogP contribution in [-0.4, -0.2) is 15.2 Å². The normalized spacial score (nSPS) is 13.6. The molecule has 0 saturated carbocycles. The largest absolute Gasteiger partial charge is 0.380 e. The minimum Gasteiger partial charge on any atom is -0.380 e. The summed E-state index contributed by atoms with van der Waals surface area (Å²) in [6.45, 7) is 32.5. The molecule has 0 fully saturated rings. The van der Waals surface area contributed by atoms with Gasteiger partial charge in [-0.3, -0.25) is 0 Å². The van der Waals surface area contributed by atoms with Crippen LogP contribution in [0.3, 0.4) is 0 Å². The molecule has 6 aromatic carbocycles. The third kappa shape index (κ3) is 7.15. The van der Waals surface area contributed by atoms with E-state index in [1.807, 2.05) is 0 Å². The SMILES string of the molecule is CCC(C)Nc1c(-n2c3ccc(C(C)(C)C)cc3c3cc(C(C)(C)C)ccc32)ccc2c1c1c(-c3ccccc3)cccc1n2-c1cc(C(C)(C)C)cc(C(C)(C)C)c1. The second kappa shape index (κ2) is 14.2. The van der Waals surface area contributed by atoms with Gasteiger partial charge in [-0.1, -0.05) is 151 Å². The van der Waals surface area contributed by atoms with Crippen LogP contribution in [0.5, 0.6) is 0 Å². The molecule has 304 valence electrons. The molecule has 0 saturated heterocycles. The highest BCUT2D eigenvalue weighted by Gasteiger charge is 2.28. The lowest BCUT2D eigenvalue weighted by molar-refractivity contribution is 0.568. The molecular weight excluding hydrogens is 715 g/mol. The summed E-state index contributed by atoms with van der Waals surface area (Å²) < 4.78 is 5.09. The van der Waals surface area contributed by atoms with Crippen molar-refractivity contribution in [3.05, 3.63) is 138 Å². The Morgan fingerprint density at radius 1 is 0.475 bits per heavy atom. The Kier molecular flexibility index (Phi) is 9.73. The molecule has 3 heteroatoms. The Bertz CT molecular complexity index is 2770. The summed E-state index contributed by atoms with van der Waals surface area (Å²) >= 11 is 0. The van der Waals surface area contributed by atoms with Crippen molar-refractivity contribution in [3.63, 3.8) is 0 Å². The number of rotatable bonds is 6. The Hall–Kier alpha value is -5.28. The van der Waals surface area contributed by atoms with Crippen LogP contribution in [0.2, 0.25) is 0 Å². The van der Waals surface area contributed by atoms with Crippen molar-refractivity contribution < 1.29 is 0 Å². The minimum atomic E-state index is -0.0172. The Morgan fingerprint density at radius 2 is 0.983 bits per heavy atom. The van der Waals surface area contributed by atoms with E-state index in [0.29, 0.717) is 0 Å². The average molecular weight is 780 g/mol. The summed E-state index contributed by atoms with van der Waals surface area (Å²) in [6.07, 6.45) is 1.000. The first-order valence-corrected chi connectivity index (χ1v) is 21.8. The Morgan fingerprint density at radius 3 is 1.49 bits per heavy atom. The van der Waals surface area contributed by atoms with E-state index in [1.54, 1.807) is 0 Å². The zero-order valence-electron chi connectivity index (χ0n) is 38.1. The highest BCUT2D eigenvalue weighted by atomic mass is 15.1. The molecule has 1 atom stereocenters. The lowest BCUT2D eigenvalue weighted by Gasteiger charge is -2.27. The quantitative estimate of drug-likeness (QED) is 0.178. The van der Waals surface area contributed by atoms with Crippen molar-refractivity contribution >= 4 is 49.3 Å². The summed E-state index contributed by atoms with van der Waals surface area (Å²) in [5.41, 5.74) is 16.3. The monoisotopic (exact) mass is 780 g/mol. The van der Waals surface area contributed by atoms with Gasteiger partial charge >= 0.3 is 0 Å². The van der Waals surface area contributed by atoms with Gasteiger partial charge in [-0.25, -0.2) is 0 Å². The summed E-state index contributed by atoms with van der Waals surface area (Å²) in [4.78, 5) is 0. The molecule has 0 aliphatic heterocycles. The number of fused-ring (bicyclic) bond motifs is 6. The topological polar surface area (TPSA) is 21.9 Å². The van der Waals surface area contributed by atoms with E-state index < -0.39 is 0 Å².